The summed E-state index contributed by atoms with van der Waals surface area (Å²) in [6, 6.07) is 5.57. The average Bonchev–Trinajstić information content (AvgIpc) is 3.02. The van der Waals surface area contributed by atoms with Crippen molar-refractivity contribution in [3.8, 4) is 0 Å². The molecule has 0 spiro atoms. The summed E-state index contributed by atoms with van der Waals surface area (Å²) < 4.78 is 29.4. The highest BCUT2D eigenvalue weighted by Crippen LogP contribution is 2.28. The third-order valence-electron chi connectivity index (χ3n) is 4.78. The van der Waals surface area contributed by atoms with Gasteiger partial charge >= 0.3 is 0 Å². The Hall–Kier alpha value is -2.25. The number of nitrogens with zero attached hydrogens (tertiary/aromatic N) is 2. The van der Waals surface area contributed by atoms with Crippen molar-refractivity contribution in [2.75, 3.05) is 24.8 Å². The van der Waals surface area contributed by atoms with Gasteiger partial charge in [0.2, 0.25) is 15.9 Å². The molecule has 0 saturated heterocycles. The van der Waals surface area contributed by atoms with Crippen molar-refractivity contribution < 1.29 is 17.9 Å². The van der Waals surface area contributed by atoms with Gasteiger partial charge in [-0.2, -0.15) is 0 Å². The summed E-state index contributed by atoms with van der Waals surface area (Å²) in [6.45, 7) is 4.81. The molecule has 0 bridgehead atoms. The van der Waals surface area contributed by atoms with E-state index in [0.717, 1.165) is 10.4 Å². The lowest BCUT2D eigenvalue weighted by Crippen LogP contribution is -2.25. The number of aryl methyl sites for hydroxylation is 2. The zero-order valence-corrected chi connectivity index (χ0v) is 20.3. The van der Waals surface area contributed by atoms with E-state index >= 15 is 0 Å². The van der Waals surface area contributed by atoms with Gasteiger partial charge in [-0.1, -0.05) is 11.8 Å². The molecule has 9 nitrogen and oxygen atoms in total. The standard InChI is InChI=1S/C20H24N4O5S3/c1-12-13(2)31-18-17(12)19(26)24(9-4-10-29-3)20(23-18)30-11-16(25)22-14-5-7-15(8-6-14)32(21,27)28/h5-8H,4,9-11H2,1-3H3,(H,22,25)(H2,21,27,28). The summed E-state index contributed by atoms with van der Waals surface area (Å²) in [6.07, 6.45) is 0.641. The number of thiophene rings is 1. The van der Waals surface area contributed by atoms with E-state index in [0.29, 0.717) is 40.6 Å². The summed E-state index contributed by atoms with van der Waals surface area (Å²) in [5.74, 6) is -0.280. The third-order valence-corrected chi connectivity index (χ3v) is 7.79. The summed E-state index contributed by atoms with van der Waals surface area (Å²) in [7, 11) is -2.19. The van der Waals surface area contributed by atoms with E-state index in [1.165, 1.54) is 47.4 Å². The van der Waals surface area contributed by atoms with E-state index in [1.807, 2.05) is 13.8 Å². The Morgan fingerprint density at radius 3 is 2.59 bits per heavy atom. The number of ether oxygens (including phenoxy) is 1. The molecule has 3 aromatic rings. The van der Waals surface area contributed by atoms with Gasteiger partial charge in [0.05, 0.1) is 16.0 Å². The third kappa shape index (κ3) is 5.56. The largest absolute Gasteiger partial charge is 0.385 e. The van der Waals surface area contributed by atoms with Crippen LogP contribution in [-0.2, 0) is 26.1 Å². The first-order chi connectivity index (χ1) is 15.1. The molecule has 2 aromatic heterocycles. The molecule has 2 heterocycles. The molecular formula is C20H24N4O5S3. The van der Waals surface area contributed by atoms with Crippen molar-refractivity contribution in [3.05, 3.63) is 45.1 Å². The molecule has 1 amide bonds. The van der Waals surface area contributed by atoms with Crippen LogP contribution in [0.2, 0.25) is 0 Å². The van der Waals surface area contributed by atoms with E-state index in [9.17, 15) is 18.0 Å². The van der Waals surface area contributed by atoms with Crippen molar-refractivity contribution in [1.29, 1.82) is 0 Å². The smallest absolute Gasteiger partial charge is 0.263 e. The Morgan fingerprint density at radius 2 is 1.97 bits per heavy atom. The normalized spacial score (nSPS) is 11.8. The number of thioether (sulfide) groups is 1. The molecule has 32 heavy (non-hydrogen) atoms. The van der Waals surface area contributed by atoms with Crippen molar-refractivity contribution in [1.82, 2.24) is 9.55 Å². The van der Waals surface area contributed by atoms with Crippen molar-refractivity contribution >= 4 is 54.9 Å². The molecular weight excluding hydrogens is 472 g/mol. The zero-order valence-electron chi connectivity index (χ0n) is 17.9. The molecule has 0 aliphatic carbocycles. The molecule has 0 atom stereocenters. The molecule has 3 N–H and O–H groups in total. The summed E-state index contributed by atoms with van der Waals surface area (Å²) >= 11 is 2.64. The maximum Gasteiger partial charge on any atom is 0.263 e. The highest BCUT2D eigenvalue weighted by Gasteiger charge is 2.18. The summed E-state index contributed by atoms with van der Waals surface area (Å²) in [5, 5.41) is 8.87. The number of hydrogen-bond donors (Lipinski definition) is 2. The maximum absolute atomic E-state index is 13.1. The van der Waals surface area contributed by atoms with Crippen LogP contribution < -0.4 is 16.0 Å². The highest BCUT2D eigenvalue weighted by molar-refractivity contribution is 7.99. The van der Waals surface area contributed by atoms with E-state index < -0.39 is 10.0 Å². The zero-order chi connectivity index (χ0) is 23.5. The number of nitrogens with one attached hydrogen (secondary N) is 1. The van der Waals surface area contributed by atoms with Crippen molar-refractivity contribution in [2.24, 2.45) is 5.14 Å². The molecule has 0 unspecified atom stereocenters. The van der Waals surface area contributed by atoms with E-state index in [1.54, 1.807) is 11.7 Å². The fourth-order valence-electron chi connectivity index (χ4n) is 3.04. The summed E-state index contributed by atoms with van der Waals surface area (Å²) in [5.41, 5.74) is 1.25. The number of benzene rings is 1. The van der Waals surface area contributed by atoms with Crippen LogP contribution in [0.5, 0.6) is 0 Å². The Morgan fingerprint density at radius 1 is 1.28 bits per heavy atom. The Bertz CT molecular complexity index is 1300. The Balaban J connectivity index is 1.79. The Labute approximate surface area is 194 Å². The molecule has 0 aliphatic heterocycles. The molecule has 172 valence electrons. The van der Waals surface area contributed by atoms with Crippen LogP contribution in [0, 0.1) is 13.8 Å². The van der Waals surface area contributed by atoms with E-state index in [-0.39, 0.29) is 22.1 Å². The number of amides is 1. The van der Waals surface area contributed by atoms with Crippen LogP contribution in [0.4, 0.5) is 5.69 Å². The van der Waals surface area contributed by atoms with Crippen LogP contribution in [0.1, 0.15) is 16.9 Å². The minimum Gasteiger partial charge on any atom is -0.385 e. The number of aromatic nitrogens is 2. The van der Waals surface area contributed by atoms with Gasteiger partial charge in [0.25, 0.3) is 5.56 Å². The maximum atomic E-state index is 13.1. The van der Waals surface area contributed by atoms with Gasteiger partial charge in [0, 0.05) is 30.8 Å². The second-order valence-electron chi connectivity index (χ2n) is 7.07. The fourth-order valence-corrected chi connectivity index (χ4v) is 5.45. The minimum absolute atomic E-state index is 0.0303. The minimum atomic E-state index is -3.80. The number of anilines is 1. The van der Waals surface area contributed by atoms with Gasteiger partial charge in [-0.05, 0) is 50.1 Å². The van der Waals surface area contributed by atoms with Crippen molar-refractivity contribution in [3.63, 3.8) is 0 Å². The van der Waals surface area contributed by atoms with E-state index in [2.05, 4.69) is 10.3 Å². The van der Waals surface area contributed by atoms with Crippen LogP contribution in [0.25, 0.3) is 10.2 Å². The van der Waals surface area contributed by atoms with Gasteiger partial charge in [-0.25, -0.2) is 18.5 Å². The van der Waals surface area contributed by atoms with Crippen LogP contribution in [0.3, 0.4) is 0 Å². The number of primary sulfonamides is 1. The molecule has 1 aromatic carbocycles. The quantitative estimate of drug-likeness (QED) is 0.264. The second kappa shape index (κ2) is 10.1. The number of rotatable bonds is 9. The van der Waals surface area contributed by atoms with Crippen LogP contribution in [0.15, 0.2) is 39.1 Å². The van der Waals surface area contributed by atoms with Crippen LogP contribution >= 0.6 is 23.1 Å². The first-order valence-electron chi connectivity index (χ1n) is 9.66. The van der Waals surface area contributed by atoms with Crippen LogP contribution in [-0.4, -0.2) is 43.3 Å². The molecule has 0 aliphatic rings. The van der Waals surface area contributed by atoms with Crippen molar-refractivity contribution in [2.45, 2.75) is 36.9 Å². The first-order valence-corrected chi connectivity index (χ1v) is 13.0. The molecule has 0 radical (unpaired) electrons. The predicted molar refractivity (Wildman–Crippen MR) is 127 cm³/mol. The van der Waals surface area contributed by atoms with Gasteiger partial charge in [0.1, 0.15) is 4.83 Å². The molecule has 0 fully saturated rings. The topological polar surface area (TPSA) is 133 Å². The number of fused-ring (bicyclic) bond motifs is 1. The molecule has 12 heteroatoms. The number of sulfonamides is 1. The Kier molecular flexibility index (Phi) is 7.72. The monoisotopic (exact) mass is 496 g/mol. The molecule has 0 saturated carbocycles. The first kappa shape index (κ1) is 24.4. The average molecular weight is 497 g/mol. The number of carbonyl (C=O) groups excluding carboxylic acids is 1. The lowest BCUT2D eigenvalue weighted by atomic mass is 10.2. The van der Waals surface area contributed by atoms with Gasteiger partial charge in [-0.3, -0.25) is 14.2 Å². The van der Waals surface area contributed by atoms with Gasteiger partial charge < -0.3 is 10.1 Å². The highest BCUT2D eigenvalue weighted by atomic mass is 32.2. The lowest BCUT2D eigenvalue weighted by molar-refractivity contribution is -0.113. The SMILES string of the molecule is COCCCn1c(SCC(=O)Nc2ccc(S(N)(=O)=O)cc2)nc2sc(C)c(C)c2c1=O. The number of nitrogens with two attached hydrogens (primary N) is 1. The number of methoxy groups -OCH3 is 1. The predicted octanol–water partition coefficient (Wildman–Crippen LogP) is 2.49. The summed E-state index contributed by atoms with van der Waals surface area (Å²) in [4.78, 5) is 31.9. The fraction of sp³-hybridized carbons (Fsp3) is 0.350. The lowest BCUT2D eigenvalue weighted by Gasteiger charge is -2.12. The second-order valence-corrected chi connectivity index (χ2v) is 10.8. The van der Waals surface area contributed by atoms with E-state index in [4.69, 9.17) is 9.88 Å². The molecule has 3 rings (SSSR count). The van der Waals surface area contributed by atoms with Gasteiger partial charge in [0.15, 0.2) is 5.16 Å². The number of hydrogen-bond acceptors (Lipinski definition) is 8. The van der Waals surface area contributed by atoms with Gasteiger partial charge in [-0.15, -0.1) is 11.3 Å². The number of carbonyl (C=O) groups is 1.